The molecule has 1 amide bonds. The van der Waals surface area contributed by atoms with Gasteiger partial charge in [0, 0.05) is 38.1 Å². The molecule has 0 aromatic heterocycles. The van der Waals surface area contributed by atoms with Crippen molar-refractivity contribution in [3.05, 3.63) is 0 Å². The van der Waals surface area contributed by atoms with Crippen LogP contribution in [0.15, 0.2) is 0 Å². The fourth-order valence-electron chi connectivity index (χ4n) is 2.05. The predicted octanol–water partition coefficient (Wildman–Crippen LogP) is 0.949. The van der Waals surface area contributed by atoms with Crippen LogP contribution in [-0.4, -0.2) is 47.9 Å². The highest BCUT2D eigenvalue weighted by molar-refractivity contribution is 5.81. The van der Waals surface area contributed by atoms with Crippen LogP contribution in [-0.2, 0) is 4.79 Å². The van der Waals surface area contributed by atoms with Crippen LogP contribution in [0.5, 0.6) is 0 Å². The molecule has 0 radical (unpaired) electrons. The molecular formula is C11H20N2O. The lowest BCUT2D eigenvalue weighted by Crippen LogP contribution is -2.51. The van der Waals surface area contributed by atoms with Crippen LogP contribution in [0.2, 0.25) is 0 Å². The molecule has 14 heavy (non-hydrogen) atoms. The molecule has 0 bridgehead atoms. The van der Waals surface area contributed by atoms with E-state index < -0.39 is 0 Å². The Morgan fingerprint density at radius 1 is 1.14 bits per heavy atom. The third kappa shape index (κ3) is 2.08. The zero-order chi connectivity index (χ0) is 10.1. The Morgan fingerprint density at radius 3 is 2.14 bits per heavy atom. The molecule has 0 unspecified atom stereocenters. The van der Waals surface area contributed by atoms with E-state index in [1.807, 2.05) is 0 Å². The summed E-state index contributed by atoms with van der Waals surface area (Å²) >= 11 is 0. The minimum atomic E-state index is 0.389. The number of nitrogens with zero attached hydrogens (tertiary/aromatic N) is 2. The highest BCUT2D eigenvalue weighted by atomic mass is 16.2. The SMILES string of the molecule is CC(C)N1CCN(C(=O)C2CC2)CC1. The molecule has 1 saturated carbocycles. The van der Waals surface area contributed by atoms with Gasteiger partial charge in [-0.3, -0.25) is 9.69 Å². The molecular weight excluding hydrogens is 176 g/mol. The van der Waals surface area contributed by atoms with Crippen molar-refractivity contribution >= 4 is 5.91 Å². The minimum Gasteiger partial charge on any atom is -0.340 e. The molecule has 2 aliphatic rings. The number of carbonyl (C=O) groups is 1. The van der Waals surface area contributed by atoms with E-state index >= 15 is 0 Å². The van der Waals surface area contributed by atoms with E-state index in [9.17, 15) is 4.79 Å². The standard InChI is InChI=1S/C11H20N2O/c1-9(2)12-5-7-13(8-6-12)11(14)10-3-4-10/h9-10H,3-8H2,1-2H3. The summed E-state index contributed by atoms with van der Waals surface area (Å²) in [5.74, 6) is 0.800. The minimum absolute atomic E-state index is 0.389. The number of hydrogen-bond acceptors (Lipinski definition) is 2. The third-order valence-electron chi connectivity index (χ3n) is 3.28. The van der Waals surface area contributed by atoms with Crippen LogP contribution in [0.4, 0.5) is 0 Å². The van der Waals surface area contributed by atoms with Crippen LogP contribution in [0.1, 0.15) is 26.7 Å². The Kier molecular flexibility index (Phi) is 2.77. The maximum absolute atomic E-state index is 11.7. The average Bonchev–Trinajstić information content (AvgIpc) is 3.00. The summed E-state index contributed by atoms with van der Waals surface area (Å²) in [6.45, 7) is 8.42. The first-order valence-electron chi connectivity index (χ1n) is 5.71. The van der Waals surface area contributed by atoms with E-state index in [4.69, 9.17) is 0 Å². The molecule has 80 valence electrons. The van der Waals surface area contributed by atoms with E-state index in [1.165, 1.54) is 0 Å². The molecule has 1 heterocycles. The van der Waals surface area contributed by atoms with Crippen molar-refractivity contribution in [2.45, 2.75) is 32.7 Å². The molecule has 1 saturated heterocycles. The molecule has 1 aliphatic carbocycles. The van der Waals surface area contributed by atoms with Gasteiger partial charge in [-0.1, -0.05) is 0 Å². The van der Waals surface area contributed by atoms with Crippen LogP contribution in [0, 0.1) is 5.92 Å². The molecule has 0 aromatic carbocycles. The van der Waals surface area contributed by atoms with Crippen molar-refractivity contribution in [3.8, 4) is 0 Å². The van der Waals surface area contributed by atoms with Gasteiger partial charge in [0.25, 0.3) is 0 Å². The number of carbonyl (C=O) groups excluding carboxylic acids is 1. The normalized spacial score (nSPS) is 24.4. The summed E-state index contributed by atoms with van der Waals surface area (Å²) in [5, 5.41) is 0. The lowest BCUT2D eigenvalue weighted by molar-refractivity contribution is -0.134. The zero-order valence-electron chi connectivity index (χ0n) is 9.20. The van der Waals surface area contributed by atoms with Gasteiger partial charge in [0.15, 0.2) is 0 Å². The molecule has 0 aromatic rings. The highest BCUT2D eigenvalue weighted by Gasteiger charge is 2.34. The van der Waals surface area contributed by atoms with Crippen molar-refractivity contribution in [3.63, 3.8) is 0 Å². The van der Waals surface area contributed by atoms with Crippen LogP contribution >= 0.6 is 0 Å². The maximum atomic E-state index is 11.7. The highest BCUT2D eigenvalue weighted by Crippen LogP contribution is 2.31. The first-order chi connectivity index (χ1) is 6.68. The maximum Gasteiger partial charge on any atom is 0.225 e. The first-order valence-corrected chi connectivity index (χ1v) is 5.71. The number of amides is 1. The summed E-state index contributed by atoms with van der Waals surface area (Å²) in [6.07, 6.45) is 2.26. The Labute approximate surface area is 86.1 Å². The third-order valence-corrected chi connectivity index (χ3v) is 3.28. The van der Waals surface area contributed by atoms with Gasteiger partial charge in [0.2, 0.25) is 5.91 Å². The van der Waals surface area contributed by atoms with Crippen LogP contribution in [0.25, 0.3) is 0 Å². The topological polar surface area (TPSA) is 23.6 Å². The second kappa shape index (κ2) is 3.89. The summed E-state index contributed by atoms with van der Waals surface area (Å²) in [7, 11) is 0. The average molecular weight is 196 g/mol. The monoisotopic (exact) mass is 196 g/mol. The van der Waals surface area contributed by atoms with Gasteiger partial charge in [-0.15, -0.1) is 0 Å². The van der Waals surface area contributed by atoms with Crippen molar-refractivity contribution in [1.82, 2.24) is 9.80 Å². The number of piperazine rings is 1. The summed E-state index contributed by atoms with van der Waals surface area (Å²) in [5.41, 5.74) is 0. The summed E-state index contributed by atoms with van der Waals surface area (Å²) < 4.78 is 0. The fraction of sp³-hybridized carbons (Fsp3) is 0.909. The molecule has 0 spiro atoms. The smallest absolute Gasteiger partial charge is 0.225 e. The van der Waals surface area contributed by atoms with E-state index in [1.54, 1.807) is 0 Å². The molecule has 1 aliphatic heterocycles. The Hall–Kier alpha value is -0.570. The molecule has 0 atom stereocenters. The lowest BCUT2D eigenvalue weighted by atomic mass is 10.2. The second-order valence-corrected chi connectivity index (χ2v) is 4.73. The zero-order valence-corrected chi connectivity index (χ0v) is 9.20. The predicted molar refractivity (Wildman–Crippen MR) is 56.0 cm³/mol. The Morgan fingerprint density at radius 2 is 1.71 bits per heavy atom. The van der Waals surface area contributed by atoms with Gasteiger partial charge < -0.3 is 4.90 Å². The quantitative estimate of drug-likeness (QED) is 0.656. The van der Waals surface area contributed by atoms with Crippen LogP contribution in [0.3, 0.4) is 0 Å². The van der Waals surface area contributed by atoms with Gasteiger partial charge in [-0.2, -0.15) is 0 Å². The summed E-state index contributed by atoms with van der Waals surface area (Å²) in [6, 6.07) is 0.619. The first kappa shape index (κ1) is 9.97. The Bertz CT molecular complexity index is 215. The van der Waals surface area contributed by atoms with Crippen molar-refractivity contribution < 1.29 is 4.79 Å². The molecule has 3 heteroatoms. The van der Waals surface area contributed by atoms with E-state index in [2.05, 4.69) is 23.6 Å². The fourth-order valence-corrected chi connectivity index (χ4v) is 2.05. The van der Waals surface area contributed by atoms with Crippen LogP contribution < -0.4 is 0 Å². The second-order valence-electron chi connectivity index (χ2n) is 4.73. The van der Waals surface area contributed by atoms with E-state index in [-0.39, 0.29) is 0 Å². The number of hydrogen-bond donors (Lipinski definition) is 0. The van der Waals surface area contributed by atoms with Crippen molar-refractivity contribution in [2.24, 2.45) is 5.92 Å². The largest absolute Gasteiger partial charge is 0.340 e. The number of rotatable bonds is 2. The van der Waals surface area contributed by atoms with Gasteiger partial charge in [0.05, 0.1) is 0 Å². The van der Waals surface area contributed by atoms with Gasteiger partial charge in [-0.25, -0.2) is 0 Å². The molecule has 3 nitrogen and oxygen atoms in total. The lowest BCUT2D eigenvalue weighted by Gasteiger charge is -2.37. The van der Waals surface area contributed by atoms with Crippen molar-refractivity contribution in [2.75, 3.05) is 26.2 Å². The van der Waals surface area contributed by atoms with E-state index in [0.29, 0.717) is 17.9 Å². The summed E-state index contributed by atoms with van der Waals surface area (Å²) in [4.78, 5) is 16.2. The van der Waals surface area contributed by atoms with Gasteiger partial charge >= 0.3 is 0 Å². The molecule has 2 rings (SSSR count). The Balaban J connectivity index is 1.80. The molecule has 2 fully saturated rings. The van der Waals surface area contributed by atoms with E-state index in [0.717, 1.165) is 39.0 Å². The van der Waals surface area contributed by atoms with Gasteiger partial charge in [-0.05, 0) is 26.7 Å². The van der Waals surface area contributed by atoms with Crippen molar-refractivity contribution in [1.29, 1.82) is 0 Å². The van der Waals surface area contributed by atoms with Gasteiger partial charge in [0.1, 0.15) is 0 Å². The molecule has 0 N–H and O–H groups in total.